The number of hydrogen-bond donors (Lipinski definition) is 1. The SMILES string of the molecule is CCCCCCCC(O)Cc1ccccc1C(=O)c1ccccc1. The molecule has 0 saturated carbocycles. The van der Waals surface area contributed by atoms with E-state index >= 15 is 0 Å². The second-order valence-corrected chi connectivity index (χ2v) is 6.41. The van der Waals surface area contributed by atoms with Gasteiger partial charge in [-0.05, 0) is 18.4 Å². The molecule has 0 heterocycles. The molecule has 2 aromatic carbocycles. The topological polar surface area (TPSA) is 37.3 Å². The summed E-state index contributed by atoms with van der Waals surface area (Å²) in [5.74, 6) is 0.0290. The van der Waals surface area contributed by atoms with E-state index in [1.807, 2.05) is 54.6 Å². The van der Waals surface area contributed by atoms with Crippen LogP contribution in [-0.2, 0) is 6.42 Å². The summed E-state index contributed by atoms with van der Waals surface area (Å²) in [4.78, 5) is 12.7. The predicted molar refractivity (Wildman–Crippen MR) is 99.4 cm³/mol. The van der Waals surface area contributed by atoms with Crippen molar-refractivity contribution >= 4 is 5.78 Å². The number of rotatable bonds is 10. The molecule has 24 heavy (non-hydrogen) atoms. The van der Waals surface area contributed by atoms with Gasteiger partial charge in [-0.15, -0.1) is 0 Å². The highest BCUT2D eigenvalue weighted by Crippen LogP contribution is 2.18. The van der Waals surface area contributed by atoms with Crippen LogP contribution in [0.25, 0.3) is 0 Å². The third-order valence-electron chi connectivity index (χ3n) is 4.39. The van der Waals surface area contributed by atoms with Crippen molar-refractivity contribution < 1.29 is 9.90 Å². The maximum absolute atomic E-state index is 12.7. The molecule has 0 fully saturated rings. The minimum absolute atomic E-state index is 0.0290. The average Bonchev–Trinajstić information content (AvgIpc) is 2.62. The van der Waals surface area contributed by atoms with Crippen LogP contribution in [0.3, 0.4) is 0 Å². The molecule has 2 heteroatoms. The van der Waals surface area contributed by atoms with Crippen LogP contribution in [0.1, 0.15) is 66.9 Å². The Bertz CT molecular complexity index is 619. The van der Waals surface area contributed by atoms with E-state index in [0.29, 0.717) is 17.5 Å². The smallest absolute Gasteiger partial charge is 0.193 e. The van der Waals surface area contributed by atoms with Gasteiger partial charge in [0, 0.05) is 11.1 Å². The van der Waals surface area contributed by atoms with Gasteiger partial charge in [0.1, 0.15) is 0 Å². The molecule has 0 saturated heterocycles. The zero-order valence-corrected chi connectivity index (χ0v) is 14.6. The fourth-order valence-corrected chi connectivity index (χ4v) is 3.00. The highest BCUT2D eigenvalue weighted by atomic mass is 16.3. The lowest BCUT2D eigenvalue weighted by molar-refractivity contribution is 0.103. The second-order valence-electron chi connectivity index (χ2n) is 6.41. The Morgan fingerprint density at radius 3 is 2.33 bits per heavy atom. The number of ketones is 1. The van der Waals surface area contributed by atoms with E-state index < -0.39 is 0 Å². The number of hydrogen-bond acceptors (Lipinski definition) is 2. The quantitative estimate of drug-likeness (QED) is 0.483. The van der Waals surface area contributed by atoms with Crippen LogP contribution >= 0.6 is 0 Å². The van der Waals surface area contributed by atoms with E-state index in [0.717, 1.165) is 18.4 Å². The number of carbonyl (C=O) groups excluding carboxylic acids is 1. The molecule has 1 N–H and O–H groups in total. The number of aliphatic hydroxyl groups excluding tert-OH is 1. The first-order valence-corrected chi connectivity index (χ1v) is 9.08. The monoisotopic (exact) mass is 324 g/mol. The fraction of sp³-hybridized carbons (Fsp3) is 0.409. The van der Waals surface area contributed by atoms with Crippen molar-refractivity contribution in [2.75, 3.05) is 0 Å². The molecule has 0 amide bonds. The minimum Gasteiger partial charge on any atom is -0.393 e. The number of unbranched alkanes of at least 4 members (excludes halogenated alkanes) is 4. The molecule has 0 aliphatic heterocycles. The zero-order valence-electron chi connectivity index (χ0n) is 14.6. The van der Waals surface area contributed by atoms with Crippen LogP contribution in [0.15, 0.2) is 54.6 Å². The van der Waals surface area contributed by atoms with Gasteiger partial charge >= 0.3 is 0 Å². The Balaban J connectivity index is 1.97. The van der Waals surface area contributed by atoms with Gasteiger partial charge in [-0.1, -0.05) is 93.6 Å². The van der Waals surface area contributed by atoms with Crippen LogP contribution in [0.5, 0.6) is 0 Å². The highest BCUT2D eigenvalue weighted by molar-refractivity contribution is 6.09. The lowest BCUT2D eigenvalue weighted by atomic mass is 9.94. The van der Waals surface area contributed by atoms with Crippen LogP contribution in [0.2, 0.25) is 0 Å². The van der Waals surface area contributed by atoms with Crippen LogP contribution in [0, 0.1) is 0 Å². The third kappa shape index (κ3) is 5.61. The predicted octanol–water partition coefficient (Wildman–Crippen LogP) is 5.18. The Kier molecular flexibility index (Phi) is 7.70. The van der Waals surface area contributed by atoms with Crippen molar-refractivity contribution in [3.05, 3.63) is 71.3 Å². The third-order valence-corrected chi connectivity index (χ3v) is 4.39. The van der Waals surface area contributed by atoms with Gasteiger partial charge in [0.05, 0.1) is 6.10 Å². The number of aliphatic hydroxyl groups is 1. The first-order chi connectivity index (χ1) is 11.7. The summed E-state index contributed by atoms with van der Waals surface area (Å²) in [7, 11) is 0. The maximum Gasteiger partial charge on any atom is 0.193 e. The normalized spacial score (nSPS) is 12.1. The van der Waals surface area contributed by atoms with Gasteiger partial charge < -0.3 is 5.11 Å². The fourth-order valence-electron chi connectivity index (χ4n) is 3.00. The highest BCUT2D eigenvalue weighted by Gasteiger charge is 2.15. The summed E-state index contributed by atoms with van der Waals surface area (Å²) >= 11 is 0. The maximum atomic E-state index is 12.7. The molecule has 0 aliphatic rings. The van der Waals surface area contributed by atoms with Gasteiger partial charge in [-0.25, -0.2) is 0 Å². The Morgan fingerprint density at radius 2 is 1.58 bits per heavy atom. The van der Waals surface area contributed by atoms with Crippen molar-refractivity contribution in [3.63, 3.8) is 0 Å². The lowest BCUT2D eigenvalue weighted by Crippen LogP contribution is -2.14. The minimum atomic E-state index is -0.378. The van der Waals surface area contributed by atoms with Crippen molar-refractivity contribution in [1.29, 1.82) is 0 Å². The van der Waals surface area contributed by atoms with Crippen LogP contribution < -0.4 is 0 Å². The summed E-state index contributed by atoms with van der Waals surface area (Å²) in [6, 6.07) is 17.0. The Hall–Kier alpha value is -1.93. The second kappa shape index (κ2) is 10.0. The van der Waals surface area contributed by atoms with Gasteiger partial charge in [0.15, 0.2) is 5.78 Å². The number of benzene rings is 2. The van der Waals surface area contributed by atoms with Crippen molar-refractivity contribution in [1.82, 2.24) is 0 Å². The van der Waals surface area contributed by atoms with Gasteiger partial charge in [-0.2, -0.15) is 0 Å². The summed E-state index contributed by atoms with van der Waals surface area (Å²) in [5, 5.41) is 10.3. The van der Waals surface area contributed by atoms with Gasteiger partial charge in [0.25, 0.3) is 0 Å². The molecule has 2 rings (SSSR count). The average molecular weight is 324 g/mol. The van der Waals surface area contributed by atoms with Gasteiger partial charge in [0.2, 0.25) is 0 Å². The van der Waals surface area contributed by atoms with E-state index in [2.05, 4.69) is 6.92 Å². The van der Waals surface area contributed by atoms with Crippen molar-refractivity contribution in [3.8, 4) is 0 Å². The molecule has 0 bridgehead atoms. The molecule has 128 valence electrons. The van der Waals surface area contributed by atoms with Crippen LogP contribution in [-0.4, -0.2) is 17.0 Å². The zero-order chi connectivity index (χ0) is 17.2. The first kappa shape index (κ1) is 18.4. The summed E-state index contributed by atoms with van der Waals surface area (Å²) in [5.41, 5.74) is 2.33. The molecule has 0 radical (unpaired) electrons. The van der Waals surface area contributed by atoms with E-state index in [-0.39, 0.29) is 11.9 Å². The molecular formula is C22H28O2. The molecule has 1 atom stereocenters. The Labute approximate surface area is 145 Å². The van der Waals surface area contributed by atoms with E-state index in [1.165, 1.54) is 25.7 Å². The molecule has 0 spiro atoms. The van der Waals surface area contributed by atoms with E-state index in [1.54, 1.807) is 0 Å². The van der Waals surface area contributed by atoms with Crippen molar-refractivity contribution in [2.45, 2.75) is 58.0 Å². The summed E-state index contributed by atoms with van der Waals surface area (Å²) in [6.45, 7) is 2.20. The molecule has 0 aliphatic carbocycles. The lowest BCUT2D eigenvalue weighted by Gasteiger charge is -2.14. The van der Waals surface area contributed by atoms with E-state index in [4.69, 9.17) is 0 Å². The molecule has 2 nitrogen and oxygen atoms in total. The Morgan fingerprint density at radius 1 is 0.917 bits per heavy atom. The largest absolute Gasteiger partial charge is 0.393 e. The summed E-state index contributed by atoms with van der Waals surface area (Å²) < 4.78 is 0. The standard InChI is InChI=1S/C22H28O2/c1-2-3-4-5-9-15-20(23)17-19-14-10-11-16-21(19)22(24)18-12-7-6-8-13-18/h6-8,10-14,16,20,23H,2-5,9,15,17H2,1H3. The molecule has 2 aromatic rings. The summed E-state index contributed by atoms with van der Waals surface area (Å²) in [6.07, 6.45) is 6.94. The molecular weight excluding hydrogens is 296 g/mol. The van der Waals surface area contributed by atoms with Gasteiger partial charge in [-0.3, -0.25) is 4.79 Å². The van der Waals surface area contributed by atoms with Crippen LogP contribution in [0.4, 0.5) is 0 Å². The molecule has 0 aromatic heterocycles. The first-order valence-electron chi connectivity index (χ1n) is 9.08. The van der Waals surface area contributed by atoms with E-state index in [9.17, 15) is 9.90 Å². The molecule has 1 unspecified atom stereocenters. The number of carbonyl (C=O) groups is 1. The van der Waals surface area contributed by atoms with Crippen molar-refractivity contribution in [2.24, 2.45) is 0 Å².